The number of hydrogen-bond donors (Lipinski definition) is 0. The highest BCUT2D eigenvalue weighted by Crippen LogP contribution is 2.41. The largest absolute Gasteiger partial charge is 0.327 e. The van der Waals surface area contributed by atoms with Crippen LogP contribution in [-0.2, 0) is 13.5 Å². The predicted molar refractivity (Wildman–Crippen MR) is 132 cm³/mol. The van der Waals surface area contributed by atoms with Crippen molar-refractivity contribution in [2.24, 2.45) is 7.05 Å². The molecule has 0 N–H and O–H groups in total. The fraction of sp³-hybridized carbons (Fsp3) is 0.321. The summed E-state index contributed by atoms with van der Waals surface area (Å²) in [7, 11) is 1.91. The number of hydrogen-bond acceptors (Lipinski definition) is 3. The van der Waals surface area contributed by atoms with Crippen LogP contribution in [0.2, 0.25) is 0 Å². The Morgan fingerprint density at radius 3 is 2.68 bits per heavy atom. The van der Waals surface area contributed by atoms with E-state index >= 15 is 0 Å². The van der Waals surface area contributed by atoms with E-state index in [9.17, 15) is 9.18 Å². The molecule has 0 saturated heterocycles. The minimum absolute atomic E-state index is 0.0175. The zero-order valence-electron chi connectivity index (χ0n) is 20.0. The van der Waals surface area contributed by atoms with Crippen molar-refractivity contribution >= 4 is 16.8 Å². The van der Waals surface area contributed by atoms with E-state index in [0.717, 1.165) is 51.8 Å². The van der Waals surface area contributed by atoms with Gasteiger partial charge >= 0.3 is 0 Å². The van der Waals surface area contributed by atoms with Crippen molar-refractivity contribution in [2.75, 3.05) is 0 Å². The molecule has 0 aliphatic carbocycles. The van der Waals surface area contributed by atoms with Gasteiger partial charge in [0.2, 0.25) is 0 Å². The molecule has 2 atom stereocenters. The van der Waals surface area contributed by atoms with Crippen LogP contribution in [0.4, 0.5) is 4.39 Å². The molecule has 4 aromatic rings. The second-order valence-corrected chi connectivity index (χ2v) is 9.17. The van der Waals surface area contributed by atoms with Gasteiger partial charge in [-0.25, -0.2) is 4.39 Å². The van der Waals surface area contributed by atoms with Crippen molar-refractivity contribution in [3.63, 3.8) is 0 Å². The van der Waals surface area contributed by atoms with E-state index in [0.29, 0.717) is 12.0 Å². The Kier molecular flexibility index (Phi) is 5.68. The van der Waals surface area contributed by atoms with Gasteiger partial charge in [-0.3, -0.25) is 14.5 Å². The first-order chi connectivity index (χ1) is 16.4. The summed E-state index contributed by atoms with van der Waals surface area (Å²) >= 11 is 0. The number of aryl methyl sites for hydroxylation is 2. The van der Waals surface area contributed by atoms with Gasteiger partial charge in [-0.05, 0) is 74.2 Å². The van der Waals surface area contributed by atoms with E-state index in [1.807, 2.05) is 60.0 Å². The Hall–Kier alpha value is -3.54. The molecule has 1 aliphatic rings. The lowest BCUT2D eigenvalue weighted by molar-refractivity contribution is 0.0513. The van der Waals surface area contributed by atoms with Crippen molar-refractivity contribution < 1.29 is 9.18 Å². The molecule has 0 bridgehead atoms. The molecule has 5 rings (SSSR count). The second kappa shape index (κ2) is 8.67. The van der Waals surface area contributed by atoms with Crippen molar-refractivity contribution in [1.29, 1.82) is 0 Å². The molecule has 3 heterocycles. The van der Waals surface area contributed by atoms with E-state index in [1.165, 1.54) is 6.07 Å². The summed E-state index contributed by atoms with van der Waals surface area (Å²) in [5.41, 5.74) is 6.23. The van der Waals surface area contributed by atoms with Gasteiger partial charge < -0.3 is 4.90 Å². The zero-order chi connectivity index (χ0) is 24.0. The molecule has 174 valence electrons. The summed E-state index contributed by atoms with van der Waals surface area (Å²) in [6.07, 6.45) is 4.03. The molecule has 0 fully saturated rings. The van der Waals surface area contributed by atoms with E-state index in [1.54, 1.807) is 12.3 Å². The van der Waals surface area contributed by atoms with Crippen LogP contribution >= 0.6 is 0 Å². The number of pyridine rings is 1. The van der Waals surface area contributed by atoms with Gasteiger partial charge in [-0.1, -0.05) is 19.9 Å². The Balaban J connectivity index is 1.60. The van der Waals surface area contributed by atoms with E-state index in [4.69, 9.17) is 5.10 Å². The Morgan fingerprint density at radius 2 is 1.94 bits per heavy atom. The van der Waals surface area contributed by atoms with E-state index in [2.05, 4.69) is 18.8 Å². The smallest absolute Gasteiger partial charge is 0.254 e. The number of fused-ring (bicyclic) bond motifs is 2. The molecule has 2 unspecified atom stereocenters. The minimum Gasteiger partial charge on any atom is -0.327 e. The van der Waals surface area contributed by atoms with Crippen LogP contribution in [0.1, 0.15) is 59.9 Å². The van der Waals surface area contributed by atoms with Gasteiger partial charge in [0.25, 0.3) is 5.91 Å². The maximum Gasteiger partial charge on any atom is 0.254 e. The van der Waals surface area contributed by atoms with Crippen LogP contribution in [0.25, 0.3) is 22.2 Å². The third-order valence-corrected chi connectivity index (χ3v) is 6.92. The fourth-order valence-corrected chi connectivity index (χ4v) is 5.41. The van der Waals surface area contributed by atoms with Crippen molar-refractivity contribution in [1.82, 2.24) is 19.7 Å². The van der Waals surface area contributed by atoms with Crippen LogP contribution in [0.3, 0.4) is 0 Å². The number of carbonyl (C=O) groups excluding carboxylic acids is 1. The summed E-state index contributed by atoms with van der Waals surface area (Å²) in [6.45, 7) is 6.12. The number of halogens is 1. The van der Waals surface area contributed by atoms with Gasteiger partial charge in [-0.2, -0.15) is 5.10 Å². The van der Waals surface area contributed by atoms with E-state index < -0.39 is 0 Å². The summed E-state index contributed by atoms with van der Waals surface area (Å²) in [4.78, 5) is 20.3. The van der Waals surface area contributed by atoms with Gasteiger partial charge in [0, 0.05) is 41.4 Å². The molecular formula is C28H29FN4O. The van der Waals surface area contributed by atoms with Gasteiger partial charge in [-0.15, -0.1) is 0 Å². The monoisotopic (exact) mass is 456 g/mol. The standard InChI is InChI=1S/C28H29FN4O/c1-5-22-16-23-26(31-32(4)27(23)20-12-17(3)13-21(29)15-20)25(6-2)33(22)28(34)19-9-10-24-18(14-19)8-7-11-30-24/h7-15,22,25H,5-6,16H2,1-4H3. The topological polar surface area (TPSA) is 51.0 Å². The summed E-state index contributed by atoms with van der Waals surface area (Å²) in [5.74, 6) is -0.230. The summed E-state index contributed by atoms with van der Waals surface area (Å²) < 4.78 is 16.1. The second-order valence-electron chi connectivity index (χ2n) is 9.17. The number of rotatable bonds is 4. The molecule has 0 radical (unpaired) electrons. The van der Waals surface area contributed by atoms with Crippen LogP contribution in [-0.4, -0.2) is 31.6 Å². The Labute approximate surface area is 199 Å². The highest BCUT2D eigenvalue weighted by Gasteiger charge is 2.40. The van der Waals surface area contributed by atoms with Crippen molar-refractivity contribution in [3.05, 3.63) is 82.9 Å². The third kappa shape index (κ3) is 3.67. The first kappa shape index (κ1) is 22.3. The SMILES string of the molecule is CCC1Cc2c(nn(C)c2-c2cc(C)cc(F)c2)C(CC)N1C(=O)c1ccc2ncccc2c1. The molecule has 0 spiro atoms. The third-order valence-electron chi connectivity index (χ3n) is 6.92. The first-order valence-corrected chi connectivity index (χ1v) is 11.9. The molecule has 2 aromatic carbocycles. The lowest BCUT2D eigenvalue weighted by atomic mass is 9.87. The van der Waals surface area contributed by atoms with Crippen LogP contribution in [0.5, 0.6) is 0 Å². The summed E-state index contributed by atoms with van der Waals surface area (Å²) in [6, 6.07) is 14.6. The lowest BCUT2D eigenvalue weighted by Gasteiger charge is -2.41. The van der Waals surface area contributed by atoms with Gasteiger partial charge in [0.15, 0.2) is 0 Å². The molecule has 2 aromatic heterocycles. The zero-order valence-corrected chi connectivity index (χ0v) is 20.0. The van der Waals surface area contributed by atoms with Crippen LogP contribution in [0.15, 0.2) is 54.7 Å². The normalized spacial score (nSPS) is 17.7. The highest BCUT2D eigenvalue weighted by atomic mass is 19.1. The number of nitrogens with zero attached hydrogens (tertiary/aromatic N) is 4. The fourth-order valence-electron chi connectivity index (χ4n) is 5.41. The first-order valence-electron chi connectivity index (χ1n) is 11.9. The number of benzene rings is 2. The van der Waals surface area contributed by atoms with Crippen LogP contribution in [0, 0.1) is 12.7 Å². The maximum atomic E-state index is 14.2. The van der Waals surface area contributed by atoms with Crippen molar-refractivity contribution in [2.45, 2.75) is 52.1 Å². The lowest BCUT2D eigenvalue weighted by Crippen LogP contribution is -2.47. The molecule has 1 amide bonds. The molecule has 0 saturated carbocycles. The minimum atomic E-state index is -0.248. The van der Waals surface area contributed by atoms with Crippen LogP contribution < -0.4 is 0 Å². The summed E-state index contributed by atoms with van der Waals surface area (Å²) in [5, 5.41) is 5.83. The quantitative estimate of drug-likeness (QED) is 0.378. The molecular weight excluding hydrogens is 427 g/mol. The average molecular weight is 457 g/mol. The number of carbonyl (C=O) groups is 1. The predicted octanol–water partition coefficient (Wildman–Crippen LogP) is 6.01. The Morgan fingerprint density at radius 1 is 1.12 bits per heavy atom. The number of amides is 1. The van der Waals surface area contributed by atoms with Crippen molar-refractivity contribution in [3.8, 4) is 11.3 Å². The highest BCUT2D eigenvalue weighted by molar-refractivity contribution is 5.98. The average Bonchev–Trinajstić information content (AvgIpc) is 3.16. The van der Waals surface area contributed by atoms with Gasteiger partial charge in [0.1, 0.15) is 5.82 Å². The van der Waals surface area contributed by atoms with E-state index in [-0.39, 0.29) is 23.8 Å². The molecule has 6 heteroatoms. The Bertz CT molecular complexity index is 1370. The molecule has 5 nitrogen and oxygen atoms in total. The number of aromatic nitrogens is 3. The maximum absolute atomic E-state index is 14.2. The van der Waals surface area contributed by atoms with Gasteiger partial charge in [0.05, 0.1) is 22.9 Å². The molecule has 1 aliphatic heterocycles. The molecule has 34 heavy (non-hydrogen) atoms.